The third kappa shape index (κ3) is 4.09. The van der Waals surface area contributed by atoms with E-state index in [-0.39, 0.29) is 11.7 Å². The second-order valence-corrected chi connectivity index (χ2v) is 4.60. The summed E-state index contributed by atoms with van der Waals surface area (Å²) in [4.78, 5) is 12.1. The van der Waals surface area contributed by atoms with E-state index in [1.54, 1.807) is 42.5 Å². The van der Waals surface area contributed by atoms with Crippen LogP contribution in [0.25, 0.3) is 0 Å². The molecular formula is C17H18N2O3. The molecule has 114 valence electrons. The molecule has 0 saturated carbocycles. The van der Waals surface area contributed by atoms with Crippen molar-refractivity contribution >= 4 is 12.1 Å². The second kappa shape index (κ2) is 7.83. The SMILES string of the molecule is CCCOc1ccccc1C(=O)NN=Cc1ccccc1O. The highest BCUT2D eigenvalue weighted by Crippen LogP contribution is 2.18. The predicted molar refractivity (Wildman–Crippen MR) is 85.4 cm³/mol. The van der Waals surface area contributed by atoms with Crippen molar-refractivity contribution in [1.82, 2.24) is 5.43 Å². The van der Waals surface area contributed by atoms with Crippen LogP contribution in [0.15, 0.2) is 53.6 Å². The lowest BCUT2D eigenvalue weighted by molar-refractivity contribution is 0.0951. The van der Waals surface area contributed by atoms with Crippen molar-refractivity contribution in [3.63, 3.8) is 0 Å². The third-order valence-corrected chi connectivity index (χ3v) is 2.90. The minimum absolute atomic E-state index is 0.104. The number of benzene rings is 2. The quantitative estimate of drug-likeness (QED) is 0.636. The summed E-state index contributed by atoms with van der Waals surface area (Å²) in [5.74, 6) is 0.269. The number of hydrogen-bond donors (Lipinski definition) is 2. The van der Waals surface area contributed by atoms with Crippen LogP contribution in [0, 0.1) is 0 Å². The fraction of sp³-hybridized carbons (Fsp3) is 0.176. The molecule has 2 aromatic carbocycles. The van der Waals surface area contributed by atoms with Crippen LogP contribution in [0.1, 0.15) is 29.3 Å². The number of rotatable bonds is 6. The lowest BCUT2D eigenvalue weighted by Gasteiger charge is -2.09. The lowest BCUT2D eigenvalue weighted by Crippen LogP contribution is -2.18. The third-order valence-electron chi connectivity index (χ3n) is 2.90. The average Bonchev–Trinajstić information content (AvgIpc) is 2.55. The molecule has 2 aromatic rings. The molecule has 22 heavy (non-hydrogen) atoms. The van der Waals surface area contributed by atoms with Crippen LogP contribution >= 0.6 is 0 Å². The summed E-state index contributed by atoms with van der Waals surface area (Å²) in [6.07, 6.45) is 2.25. The van der Waals surface area contributed by atoms with Crippen molar-refractivity contribution in [3.8, 4) is 11.5 Å². The van der Waals surface area contributed by atoms with Gasteiger partial charge in [-0.3, -0.25) is 4.79 Å². The second-order valence-electron chi connectivity index (χ2n) is 4.60. The van der Waals surface area contributed by atoms with Crippen LogP contribution in [0.3, 0.4) is 0 Å². The number of para-hydroxylation sites is 2. The molecule has 0 radical (unpaired) electrons. The van der Waals surface area contributed by atoms with Crippen molar-refractivity contribution in [2.24, 2.45) is 5.10 Å². The van der Waals surface area contributed by atoms with E-state index in [9.17, 15) is 9.90 Å². The van der Waals surface area contributed by atoms with E-state index in [1.165, 1.54) is 6.21 Å². The Labute approximate surface area is 129 Å². The molecule has 0 aliphatic rings. The lowest BCUT2D eigenvalue weighted by atomic mass is 10.2. The number of amides is 1. The fourth-order valence-corrected chi connectivity index (χ4v) is 1.81. The summed E-state index contributed by atoms with van der Waals surface area (Å²) in [6, 6.07) is 13.7. The van der Waals surface area contributed by atoms with Crippen LogP contribution in [-0.2, 0) is 0 Å². The van der Waals surface area contributed by atoms with Gasteiger partial charge in [-0.25, -0.2) is 5.43 Å². The van der Waals surface area contributed by atoms with Crippen LogP contribution in [-0.4, -0.2) is 23.8 Å². The fourth-order valence-electron chi connectivity index (χ4n) is 1.81. The summed E-state index contributed by atoms with van der Waals surface area (Å²) in [5.41, 5.74) is 3.38. The molecule has 0 atom stereocenters. The summed E-state index contributed by atoms with van der Waals surface area (Å²) in [6.45, 7) is 2.55. The van der Waals surface area contributed by atoms with Gasteiger partial charge in [-0.1, -0.05) is 31.2 Å². The number of nitrogens with zero attached hydrogens (tertiary/aromatic N) is 1. The first kappa shape index (κ1) is 15.6. The Morgan fingerprint density at radius 2 is 1.95 bits per heavy atom. The van der Waals surface area contributed by atoms with Crippen LogP contribution < -0.4 is 10.2 Å². The van der Waals surface area contributed by atoms with E-state index in [0.717, 1.165) is 6.42 Å². The molecule has 1 amide bonds. The van der Waals surface area contributed by atoms with E-state index in [4.69, 9.17) is 4.74 Å². The maximum absolute atomic E-state index is 12.1. The Kier molecular flexibility index (Phi) is 5.54. The molecule has 0 bridgehead atoms. The summed E-state index contributed by atoms with van der Waals surface area (Å²) < 4.78 is 5.54. The van der Waals surface area contributed by atoms with E-state index in [1.807, 2.05) is 13.0 Å². The Bertz CT molecular complexity index is 668. The zero-order valence-corrected chi connectivity index (χ0v) is 12.3. The largest absolute Gasteiger partial charge is 0.507 e. The number of hydrogen-bond acceptors (Lipinski definition) is 4. The molecular weight excluding hydrogens is 280 g/mol. The molecule has 0 spiro atoms. The van der Waals surface area contributed by atoms with Gasteiger partial charge < -0.3 is 9.84 Å². The van der Waals surface area contributed by atoms with Gasteiger partial charge in [-0.05, 0) is 30.7 Å². The Balaban J connectivity index is 2.05. The first-order valence-corrected chi connectivity index (χ1v) is 7.05. The number of phenolic OH excluding ortho intramolecular Hbond substituents is 1. The smallest absolute Gasteiger partial charge is 0.275 e. The molecule has 0 fully saturated rings. The predicted octanol–water partition coefficient (Wildman–Crippen LogP) is 2.94. The number of carbonyl (C=O) groups excluding carboxylic acids is 1. The van der Waals surface area contributed by atoms with Crippen molar-refractivity contribution in [2.75, 3.05) is 6.61 Å². The Hall–Kier alpha value is -2.82. The van der Waals surface area contributed by atoms with Crippen molar-refractivity contribution in [3.05, 3.63) is 59.7 Å². The Morgan fingerprint density at radius 1 is 1.23 bits per heavy atom. The van der Waals surface area contributed by atoms with Crippen LogP contribution in [0.5, 0.6) is 11.5 Å². The molecule has 2 N–H and O–H groups in total. The molecule has 0 aliphatic heterocycles. The number of nitrogens with one attached hydrogen (secondary N) is 1. The standard InChI is InChI=1S/C17H18N2O3/c1-2-11-22-16-10-6-4-8-14(16)17(21)19-18-12-13-7-3-5-9-15(13)20/h3-10,12,20H,2,11H2,1H3,(H,19,21). The molecule has 5 heteroatoms. The van der Waals surface area contributed by atoms with Gasteiger partial charge in [0.15, 0.2) is 0 Å². The van der Waals surface area contributed by atoms with Gasteiger partial charge in [0.1, 0.15) is 11.5 Å². The summed E-state index contributed by atoms with van der Waals surface area (Å²) in [7, 11) is 0. The normalized spacial score (nSPS) is 10.6. The highest BCUT2D eigenvalue weighted by Gasteiger charge is 2.10. The molecule has 0 unspecified atom stereocenters. The van der Waals surface area contributed by atoms with Crippen LogP contribution in [0.4, 0.5) is 0 Å². The maximum atomic E-state index is 12.1. The van der Waals surface area contributed by atoms with E-state index < -0.39 is 0 Å². The van der Waals surface area contributed by atoms with Gasteiger partial charge in [0.2, 0.25) is 0 Å². The van der Waals surface area contributed by atoms with Gasteiger partial charge in [0.25, 0.3) is 5.91 Å². The zero-order valence-electron chi connectivity index (χ0n) is 12.3. The monoisotopic (exact) mass is 298 g/mol. The zero-order chi connectivity index (χ0) is 15.8. The van der Waals surface area contributed by atoms with E-state index >= 15 is 0 Å². The van der Waals surface area contributed by atoms with Crippen LogP contribution in [0.2, 0.25) is 0 Å². The van der Waals surface area contributed by atoms with E-state index in [0.29, 0.717) is 23.5 Å². The van der Waals surface area contributed by atoms with Gasteiger partial charge in [-0.2, -0.15) is 5.10 Å². The highest BCUT2D eigenvalue weighted by molar-refractivity contribution is 5.97. The van der Waals surface area contributed by atoms with Crippen molar-refractivity contribution < 1.29 is 14.6 Å². The number of hydrazone groups is 1. The number of carbonyl (C=O) groups is 1. The highest BCUT2D eigenvalue weighted by atomic mass is 16.5. The Morgan fingerprint density at radius 3 is 2.73 bits per heavy atom. The average molecular weight is 298 g/mol. The number of phenols is 1. The van der Waals surface area contributed by atoms with Crippen molar-refractivity contribution in [2.45, 2.75) is 13.3 Å². The molecule has 0 heterocycles. The minimum atomic E-state index is -0.363. The number of ether oxygens (including phenoxy) is 1. The van der Waals surface area contributed by atoms with Gasteiger partial charge in [0, 0.05) is 5.56 Å². The maximum Gasteiger partial charge on any atom is 0.275 e. The van der Waals surface area contributed by atoms with Gasteiger partial charge in [0.05, 0.1) is 18.4 Å². The molecule has 0 aromatic heterocycles. The summed E-state index contributed by atoms with van der Waals surface area (Å²) >= 11 is 0. The molecule has 0 saturated heterocycles. The summed E-state index contributed by atoms with van der Waals surface area (Å²) in [5, 5.41) is 13.5. The topological polar surface area (TPSA) is 70.9 Å². The first-order valence-electron chi connectivity index (χ1n) is 7.05. The molecule has 2 rings (SSSR count). The first-order chi connectivity index (χ1) is 10.7. The molecule has 0 aliphatic carbocycles. The van der Waals surface area contributed by atoms with Gasteiger partial charge >= 0.3 is 0 Å². The minimum Gasteiger partial charge on any atom is -0.507 e. The van der Waals surface area contributed by atoms with E-state index in [2.05, 4.69) is 10.5 Å². The number of aromatic hydroxyl groups is 1. The molecule has 5 nitrogen and oxygen atoms in total. The van der Waals surface area contributed by atoms with Gasteiger partial charge in [-0.15, -0.1) is 0 Å². The van der Waals surface area contributed by atoms with Crippen molar-refractivity contribution in [1.29, 1.82) is 0 Å².